The van der Waals surface area contributed by atoms with Crippen LogP contribution in [-0.4, -0.2) is 24.9 Å². The van der Waals surface area contributed by atoms with Crippen LogP contribution in [0, 0.1) is 17.8 Å². The van der Waals surface area contributed by atoms with Crippen molar-refractivity contribution in [3.8, 4) is 0 Å². The molecule has 27 heavy (non-hydrogen) atoms. The van der Waals surface area contributed by atoms with Gasteiger partial charge in [0.2, 0.25) is 0 Å². The van der Waals surface area contributed by atoms with E-state index in [1.807, 2.05) is 24.3 Å². The highest BCUT2D eigenvalue weighted by atomic mass is 16.5. The summed E-state index contributed by atoms with van der Waals surface area (Å²) in [5.41, 5.74) is 11.7. The summed E-state index contributed by atoms with van der Waals surface area (Å²) in [4.78, 5) is 2.80. The number of azide groups is 1. The second-order valence-corrected chi connectivity index (χ2v) is 7.68. The molecule has 144 valence electrons. The van der Waals surface area contributed by atoms with Gasteiger partial charge in [0.25, 0.3) is 0 Å². The van der Waals surface area contributed by atoms with Crippen LogP contribution in [0.15, 0.2) is 47.1 Å². The van der Waals surface area contributed by atoms with Gasteiger partial charge in [-0.15, -0.1) is 0 Å². The minimum atomic E-state index is -0.252. The minimum Gasteiger partial charge on any atom is -0.392 e. The summed E-state index contributed by atoms with van der Waals surface area (Å²) in [6.45, 7) is 0.854. The van der Waals surface area contributed by atoms with Crippen molar-refractivity contribution in [1.82, 2.24) is 0 Å². The summed E-state index contributed by atoms with van der Waals surface area (Å²) >= 11 is 0. The molecule has 0 amide bonds. The van der Waals surface area contributed by atoms with Crippen LogP contribution in [0.2, 0.25) is 0 Å². The molecule has 5 nitrogen and oxygen atoms in total. The van der Waals surface area contributed by atoms with Crippen molar-refractivity contribution in [2.45, 2.75) is 44.6 Å². The van der Waals surface area contributed by atoms with Gasteiger partial charge in [0.15, 0.2) is 0 Å². The highest BCUT2D eigenvalue weighted by molar-refractivity contribution is 5.53. The predicted molar refractivity (Wildman–Crippen MR) is 108 cm³/mol. The molecule has 4 atom stereocenters. The average molecular weight is 367 g/mol. The first-order valence-electron chi connectivity index (χ1n) is 9.91. The number of aliphatic hydroxyl groups is 1. The zero-order valence-corrected chi connectivity index (χ0v) is 16.0. The molecule has 0 unspecified atom stereocenters. The third-order valence-corrected chi connectivity index (χ3v) is 5.86. The molecule has 0 aromatic heterocycles. The monoisotopic (exact) mass is 367 g/mol. The molecule has 1 aromatic carbocycles. The van der Waals surface area contributed by atoms with E-state index in [1.165, 1.54) is 19.3 Å². The molecule has 0 heterocycles. The Bertz CT molecular complexity index is 720. The lowest BCUT2D eigenvalue weighted by Crippen LogP contribution is -2.16. The van der Waals surface area contributed by atoms with Crippen molar-refractivity contribution in [3.63, 3.8) is 0 Å². The Morgan fingerprint density at radius 1 is 1.26 bits per heavy atom. The number of benzene rings is 1. The lowest BCUT2D eigenvalue weighted by Gasteiger charge is -2.18. The fourth-order valence-electron chi connectivity index (χ4n) is 4.49. The highest BCUT2D eigenvalue weighted by Gasteiger charge is 2.43. The van der Waals surface area contributed by atoms with E-state index in [4.69, 9.17) is 10.3 Å². The molecule has 1 aromatic rings. The Hall–Kier alpha value is -2.07. The van der Waals surface area contributed by atoms with Crippen LogP contribution in [-0.2, 0) is 4.74 Å². The summed E-state index contributed by atoms with van der Waals surface area (Å²) in [6, 6.07) is 7.51. The number of nitrogens with zero attached hydrogens (tertiary/aromatic N) is 3. The Morgan fingerprint density at radius 2 is 2.07 bits per heavy atom. The highest BCUT2D eigenvalue weighted by Crippen LogP contribution is 2.48. The molecule has 0 radical (unpaired) electrons. The van der Waals surface area contributed by atoms with Crippen molar-refractivity contribution in [1.29, 1.82) is 0 Å². The zero-order valence-electron chi connectivity index (χ0n) is 16.0. The number of aliphatic hydroxyl groups excluding tert-OH is 1. The SMILES string of the molecule is COCCCCCC1=C[C@H]2C[C@@H](O)[C@H](/C=C/c3ccc(N=[N+]=[N-])cc3)[C@H]2C1. The molecular formula is C22H29N3O2. The first-order valence-corrected chi connectivity index (χ1v) is 9.91. The van der Waals surface area contributed by atoms with Crippen molar-refractivity contribution in [2.24, 2.45) is 22.9 Å². The van der Waals surface area contributed by atoms with E-state index in [0.29, 0.717) is 17.5 Å². The maximum atomic E-state index is 10.5. The van der Waals surface area contributed by atoms with Crippen molar-refractivity contribution < 1.29 is 9.84 Å². The van der Waals surface area contributed by atoms with Crippen LogP contribution in [0.1, 0.15) is 44.1 Å². The van der Waals surface area contributed by atoms with Gasteiger partial charge in [0, 0.05) is 30.2 Å². The van der Waals surface area contributed by atoms with Gasteiger partial charge >= 0.3 is 0 Å². The number of unbranched alkanes of at least 4 members (excludes halogenated alkanes) is 2. The Labute approximate surface area is 161 Å². The van der Waals surface area contributed by atoms with Gasteiger partial charge in [-0.05, 0) is 55.0 Å². The van der Waals surface area contributed by atoms with Crippen LogP contribution in [0.3, 0.4) is 0 Å². The van der Waals surface area contributed by atoms with Gasteiger partial charge in [-0.1, -0.05) is 59.6 Å². The summed E-state index contributed by atoms with van der Waals surface area (Å²) in [6.07, 6.45) is 13.2. The predicted octanol–water partition coefficient (Wildman–Crippen LogP) is 5.79. The fraction of sp³-hybridized carbons (Fsp3) is 0.545. The molecular weight excluding hydrogens is 338 g/mol. The van der Waals surface area contributed by atoms with Crippen LogP contribution < -0.4 is 0 Å². The van der Waals surface area contributed by atoms with Crippen LogP contribution >= 0.6 is 0 Å². The fourth-order valence-corrected chi connectivity index (χ4v) is 4.49. The van der Waals surface area contributed by atoms with E-state index < -0.39 is 0 Å². The van der Waals surface area contributed by atoms with E-state index in [0.717, 1.165) is 31.4 Å². The topological polar surface area (TPSA) is 78.2 Å². The Balaban J connectivity index is 1.54. The first kappa shape index (κ1) is 19.7. The van der Waals surface area contributed by atoms with E-state index in [9.17, 15) is 5.11 Å². The Kier molecular flexibility index (Phi) is 7.11. The third-order valence-electron chi connectivity index (χ3n) is 5.86. The number of rotatable bonds is 9. The smallest absolute Gasteiger partial charge is 0.0611 e. The van der Waals surface area contributed by atoms with E-state index in [2.05, 4.69) is 28.3 Å². The lowest BCUT2D eigenvalue weighted by atomic mass is 9.88. The summed E-state index contributed by atoms with van der Waals surface area (Å²) in [7, 11) is 1.76. The molecule has 0 spiro atoms. The molecule has 1 saturated carbocycles. The number of allylic oxidation sites excluding steroid dienone is 2. The maximum Gasteiger partial charge on any atom is 0.0611 e. The average Bonchev–Trinajstić information content (AvgIpc) is 3.18. The molecule has 2 aliphatic rings. The molecule has 0 saturated heterocycles. The van der Waals surface area contributed by atoms with E-state index >= 15 is 0 Å². The third kappa shape index (κ3) is 5.23. The number of hydrogen-bond donors (Lipinski definition) is 1. The molecule has 1 fully saturated rings. The lowest BCUT2D eigenvalue weighted by molar-refractivity contribution is 0.141. The normalized spacial score (nSPS) is 26.8. The van der Waals surface area contributed by atoms with Crippen LogP contribution in [0.4, 0.5) is 5.69 Å². The van der Waals surface area contributed by atoms with Crippen molar-refractivity contribution in [2.75, 3.05) is 13.7 Å². The summed E-state index contributed by atoms with van der Waals surface area (Å²) < 4.78 is 5.11. The van der Waals surface area contributed by atoms with Gasteiger partial charge in [-0.3, -0.25) is 0 Å². The minimum absolute atomic E-state index is 0.217. The van der Waals surface area contributed by atoms with Gasteiger partial charge in [-0.25, -0.2) is 0 Å². The van der Waals surface area contributed by atoms with Gasteiger partial charge < -0.3 is 9.84 Å². The van der Waals surface area contributed by atoms with E-state index in [-0.39, 0.29) is 12.0 Å². The number of ether oxygens (including phenoxy) is 1. The second-order valence-electron chi connectivity index (χ2n) is 7.68. The van der Waals surface area contributed by atoms with Crippen LogP contribution in [0.25, 0.3) is 16.5 Å². The number of methoxy groups -OCH3 is 1. The zero-order chi connectivity index (χ0) is 19.1. The van der Waals surface area contributed by atoms with Gasteiger partial charge in [0.1, 0.15) is 0 Å². The molecule has 3 rings (SSSR count). The molecule has 1 N–H and O–H groups in total. The standard InChI is InChI=1S/C22H29N3O2/c1-27-12-4-2-3-5-17-13-18-15-22(26)20(21(18)14-17)11-8-16-6-9-19(10-7-16)24-25-23/h6-11,13,18,20-22,26H,2-5,12,14-15H2,1H3/b11-8+/t18-,20+,21-,22+/m0/s1. The molecule has 2 aliphatic carbocycles. The van der Waals surface area contributed by atoms with Crippen molar-refractivity contribution >= 4 is 11.8 Å². The summed E-state index contributed by atoms with van der Waals surface area (Å²) in [5.74, 6) is 1.28. The second kappa shape index (κ2) is 9.75. The largest absolute Gasteiger partial charge is 0.392 e. The number of fused-ring (bicyclic) bond motifs is 1. The maximum absolute atomic E-state index is 10.5. The Morgan fingerprint density at radius 3 is 2.81 bits per heavy atom. The van der Waals surface area contributed by atoms with E-state index in [1.54, 1.807) is 12.7 Å². The molecule has 0 aliphatic heterocycles. The first-order chi connectivity index (χ1) is 13.2. The molecule has 5 heteroatoms. The number of hydrogen-bond acceptors (Lipinski definition) is 3. The van der Waals surface area contributed by atoms with Gasteiger partial charge in [-0.2, -0.15) is 0 Å². The van der Waals surface area contributed by atoms with Gasteiger partial charge in [0.05, 0.1) is 6.10 Å². The van der Waals surface area contributed by atoms with Crippen molar-refractivity contribution in [3.05, 3.63) is 58.0 Å². The molecule has 0 bridgehead atoms. The van der Waals surface area contributed by atoms with Crippen LogP contribution in [0.5, 0.6) is 0 Å². The quantitative estimate of drug-likeness (QED) is 0.197. The summed E-state index contributed by atoms with van der Waals surface area (Å²) in [5, 5.41) is 14.1.